The van der Waals surface area contributed by atoms with Gasteiger partial charge in [-0.05, 0) is 68.2 Å². The lowest BCUT2D eigenvalue weighted by molar-refractivity contribution is -0.390. The summed E-state index contributed by atoms with van der Waals surface area (Å²) >= 11 is 0. The van der Waals surface area contributed by atoms with Gasteiger partial charge in [-0.1, -0.05) is 0 Å². The Morgan fingerprint density at radius 1 is 0.969 bits per heavy atom. The third-order valence-corrected chi connectivity index (χ3v) is 10.2. The highest BCUT2D eigenvalue weighted by atomic mass is 32.2. The smallest absolute Gasteiger partial charge is 0.243 e. The summed E-state index contributed by atoms with van der Waals surface area (Å²) in [6.45, 7) is 2.05. The van der Waals surface area contributed by atoms with E-state index >= 15 is 0 Å². The van der Waals surface area contributed by atoms with Crippen LogP contribution in [0.3, 0.4) is 0 Å². The Balaban J connectivity index is 1.14. The van der Waals surface area contributed by atoms with Crippen LogP contribution in [0.4, 0.5) is 5.69 Å². The average Bonchev–Trinajstić information content (AvgIpc) is 3.12. The van der Waals surface area contributed by atoms with Gasteiger partial charge in [0.15, 0.2) is 0 Å². The van der Waals surface area contributed by atoms with E-state index in [-0.39, 0.29) is 10.8 Å². The lowest BCUT2D eigenvalue weighted by atomic mass is 9.53. The van der Waals surface area contributed by atoms with Gasteiger partial charge in [0, 0.05) is 50.4 Å². The largest absolute Gasteiger partial charge is 0.326 e. The van der Waals surface area contributed by atoms with Crippen LogP contribution in [0.1, 0.15) is 51.9 Å². The molecule has 7 rings (SSSR count). The van der Waals surface area contributed by atoms with Crippen molar-refractivity contribution in [1.29, 1.82) is 0 Å². The van der Waals surface area contributed by atoms with Crippen molar-refractivity contribution < 1.29 is 27.7 Å². The SMILES string of the molecule is CC(=O)Nc1ccc(S(=O)(=O)N2CCC3(CC2)OOC2(O3)C3CC4CC(C3)CC2C4)cc1. The molecule has 0 unspecified atom stereocenters. The lowest BCUT2D eigenvalue weighted by Gasteiger charge is -2.57. The van der Waals surface area contributed by atoms with Crippen LogP contribution in [-0.2, 0) is 29.3 Å². The summed E-state index contributed by atoms with van der Waals surface area (Å²) in [5, 5.41) is 2.65. The Kier molecular flexibility index (Phi) is 4.76. The van der Waals surface area contributed by atoms with Gasteiger partial charge in [-0.3, -0.25) is 4.79 Å². The molecule has 2 saturated heterocycles. The van der Waals surface area contributed by atoms with E-state index in [9.17, 15) is 13.2 Å². The second-order valence-electron chi connectivity index (χ2n) is 10.3. The van der Waals surface area contributed by atoms with Crippen LogP contribution in [0.5, 0.6) is 0 Å². The van der Waals surface area contributed by atoms with Crippen LogP contribution in [-0.4, -0.2) is 43.3 Å². The maximum Gasteiger partial charge on any atom is 0.243 e. The standard InChI is InChI=1S/C23H30N2O6S/c1-15(26)24-20-2-4-21(5-3-20)32(27,28)25-8-6-22(7-9-25)29-23(31-30-22)18-11-16-10-17(13-18)14-19(23)12-16/h2-5,16-19H,6-14H2,1H3,(H,24,26). The van der Waals surface area contributed by atoms with Crippen molar-refractivity contribution in [3.63, 3.8) is 0 Å². The molecule has 9 heteroatoms. The van der Waals surface area contributed by atoms with Crippen molar-refractivity contribution in [2.75, 3.05) is 18.4 Å². The van der Waals surface area contributed by atoms with E-state index in [1.165, 1.54) is 29.8 Å². The summed E-state index contributed by atoms with van der Waals surface area (Å²) in [6.07, 6.45) is 6.87. The normalized spacial score (nSPS) is 37.9. The number of piperidine rings is 1. The van der Waals surface area contributed by atoms with E-state index in [4.69, 9.17) is 14.5 Å². The zero-order valence-electron chi connectivity index (χ0n) is 18.3. The number of nitrogens with one attached hydrogen (secondary N) is 1. The topological polar surface area (TPSA) is 94.2 Å². The fourth-order valence-electron chi connectivity index (χ4n) is 6.92. The van der Waals surface area contributed by atoms with Crippen molar-refractivity contribution in [1.82, 2.24) is 4.31 Å². The number of amides is 1. The molecular weight excluding hydrogens is 432 g/mol. The molecule has 8 nitrogen and oxygen atoms in total. The van der Waals surface area contributed by atoms with Crippen molar-refractivity contribution >= 4 is 21.6 Å². The number of carbonyl (C=O) groups excluding carboxylic acids is 1. The molecule has 4 saturated carbocycles. The maximum absolute atomic E-state index is 13.1. The van der Waals surface area contributed by atoms with Gasteiger partial charge in [0.25, 0.3) is 0 Å². The minimum absolute atomic E-state index is 0.197. The number of ether oxygens (including phenoxy) is 1. The van der Waals surface area contributed by atoms with Gasteiger partial charge >= 0.3 is 0 Å². The van der Waals surface area contributed by atoms with E-state index in [2.05, 4.69) is 5.32 Å². The zero-order valence-corrected chi connectivity index (χ0v) is 19.1. The molecule has 6 aliphatic rings. The van der Waals surface area contributed by atoms with Crippen molar-refractivity contribution in [3.8, 4) is 0 Å². The van der Waals surface area contributed by atoms with Crippen LogP contribution in [0.25, 0.3) is 0 Å². The predicted molar refractivity (Wildman–Crippen MR) is 115 cm³/mol. The molecule has 4 aliphatic carbocycles. The van der Waals surface area contributed by atoms with Gasteiger partial charge in [-0.25, -0.2) is 8.42 Å². The molecule has 1 aromatic carbocycles. The third-order valence-electron chi connectivity index (χ3n) is 8.24. The Hall–Kier alpha value is -1.52. The summed E-state index contributed by atoms with van der Waals surface area (Å²) in [5.41, 5.74) is 0.569. The summed E-state index contributed by atoms with van der Waals surface area (Å²) in [6, 6.07) is 6.26. The van der Waals surface area contributed by atoms with Crippen LogP contribution >= 0.6 is 0 Å². The first-order valence-electron chi connectivity index (χ1n) is 11.7. The van der Waals surface area contributed by atoms with E-state index in [1.807, 2.05) is 0 Å². The fourth-order valence-corrected chi connectivity index (χ4v) is 8.37. The number of hydrogen-bond acceptors (Lipinski definition) is 6. The molecule has 0 radical (unpaired) electrons. The Morgan fingerprint density at radius 2 is 1.56 bits per heavy atom. The highest BCUT2D eigenvalue weighted by molar-refractivity contribution is 7.89. The summed E-state index contributed by atoms with van der Waals surface area (Å²) in [5.74, 6) is 0.707. The maximum atomic E-state index is 13.1. The van der Waals surface area contributed by atoms with Crippen LogP contribution in [0.15, 0.2) is 29.2 Å². The summed E-state index contributed by atoms with van der Waals surface area (Å²) in [7, 11) is -3.63. The predicted octanol–water partition coefficient (Wildman–Crippen LogP) is 3.26. The molecule has 0 atom stereocenters. The van der Waals surface area contributed by atoms with Gasteiger partial charge in [0.1, 0.15) is 0 Å². The highest BCUT2D eigenvalue weighted by Crippen LogP contribution is 2.63. The molecular formula is C23H30N2O6S. The molecule has 6 fully saturated rings. The van der Waals surface area contributed by atoms with Crippen molar-refractivity contribution in [2.24, 2.45) is 23.7 Å². The molecule has 4 bridgehead atoms. The molecule has 0 aromatic heterocycles. The highest BCUT2D eigenvalue weighted by Gasteiger charge is 2.67. The second kappa shape index (κ2) is 7.24. The number of hydrogen-bond donors (Lipinski definition) is 1. The molecule has 32 heavy (non-hydrogen) atoms. The van der Waals surface area contributed by atoms with E-state index in [0.29, 0.717) is 43.5 Å². The van der Waals surface area contributed by atoms with E-state index in [1.54, 1.807) is 12.1 Å². The monoisotopic (exact) mass is 462 g/mol. The van der Waals surface area contributed by atoms with Gasteiger partial charge in [-0.2, -0.15) is 14.1 Å². The van der Waals surface area contributed by atoms with E-state index in [0.717, 1.165) is 37.5 Å². The summed E-state index contributed by atoms with van der Waals surface area (Å²) < 4.78 is 34.4. The zero-order chi connectivity index (χ0) is 22.1. The number of benzene rings is 1. The Labute approximate surface area is 188 Å². The molecule has 2 heterocycles. The first-order valence-corrected chi connectivity index (χ1v) is 13.2. The first-order chi connectivity index (χ1) is 15.3. The number of carbonyl (C=O) groups is 1. The summed E-state index contributed by atoms with van der Waals surface area (Å²) in [4.78, 5) is 23.3. The number of anilines is 1. The van der Waals surface area contributed by atoms with Gasteiger partial charge < -0.3 is 10.1 Å². The second-order valence-corrected chi connectivity index (χ2v) is 12.3. The minimum Gasteiger partial charge on any atom is -0.326 e. The van der Waals surface area contributed by atoms with Crippen molar-refractivity contribution in [2.45, 2.75) is 68.3 Å². The van der Waals surface area contributed by atoms with Crippen LogP contribution in [0, 0.1) is 23.7 Å². The van der Waals surface area contributed by atoms with E-state index < -0.39 is 21.6 Å². The fraction of sp³-hybridized carbons (Fsp3) is 0.696. The van der Waals surface area contributed by atoms with Crippen LogP contribution in [0.2, 0.25) is 0 Å². The molecule has 174 valence electrons. The third kappa shape index (κ3) is 3.24. The van der Waals surface area contributed by atoms with Gasteiger partial charge in [0.05, 0.1) is 4.90 Å². The molecule has 2 spiro atoms. The lowest BCUT2D eigenvalue weighted by Crippen LogP contribution is -2.59. The minimum atomic E-state index is -3.63. The Morgan fingerprint density at radius 3 is 2.12 bits per heavy atom. The van der Waals surface area contributed by atoms with Gasteiger partial charge in [-0.15, -0.1) is 0 Å². The number of nitrogens with zero attached hydrogens (tertiary/aromatic N) is 1. The average molecular weight is 463 g/mol. The van der Waals surface area contributed by atoms with Crippen molar-refractivity contribution in [3.05, 3.63) is 24.3 Å². The number of sulfonamides is 1. The van der Waals surface area contributed by atoms with Gasteiger partial charge in [0.2, 0.25) is 27.5 Å². The quantitative estimate of drug-likeness (QED) is 0.693. The molecule has 2 aliphatic heterocycles. The molecule has 1 amide bonds. The Bertz CT molecular complexity index is 987. The molecule has 1 N–H and O–H groups in total. The first kappa shape index (κ1) is 21.0. The number of rotatable bonds is 3. The van der Waals surface area contributed by atoms with Crippen LogP contribution < -0.4 is 5.32 Å². The molecule has 1 aromatic rings.